The van der Waals surface area contributed by atoms with Gasteiger partial charge in [0, 0.05) is 30.2 Å². The first-order chi connectivity index (χ1) is 9.13. The number of hydrogen-bond acceptors (Lipinski definition) is 2. The van der Waals surface area contributed by atoms with Gasteiger partial charge in [-0.1, -0.05) is 25.1 Å². The number of likely N-dealkylation sites (tertiary alicyclic amines) is 1. The number of hydrogen-bond donors (Lipinski definition) is 1. The van der Waals surface area contributed by atoms with Gasteiger partial charge < -0.3 is 5.32 Å². The van der Waals surface area contributed by atoms with E-state index in [4.69, 9.17) is 0 Å². The quantitative estimate of drug-likeness (QED) is 0.897. The highest BCUT2D eigenvalue weighted by atomic mass is 19.1. The summed E-state index contributed by atoms with van der Waals surface area (Å²) >= 11 is 0. The molecule has 2 nitrogen and oxygen atoms in total. The van der Waals surface area contributed by atoms with Crippen LogP contribution in [0.2, 0.25) is 0 Å². The van der Waals surface area contributed by atoms with Gasteiger partial charge in [-0.05, 0) is 39.3 Å². The van der Waals surface area contributed by atoms with Gasteiger partial charge in [0.2, 0.25) is 0 Å². The third kappa shape index (κ3) is 3.34. The van der Waals surface area contributed by atoms with E-state index >= 15 is 0 Å². The summed E-state index contributed by atoms with van der Waals surface area (Å²) in [5, 5.41) is 3.52. The predicted molar refractivity (Wildman–Crippen MR) is 77.7 cm³/mol. The van der Waals surface area contributed by atoms with E-state index in [1.54, 1.807) is 12.1 Å². The largest absolute Gasteiger partial charge is 0.314 e. The van der Waals surface area contributed by atoms with Crippen LogP contribution >= 0.6 is 0 Å². The number of nitrogens with zero attached hydrogens (tertiary/aromatic N) is 1. The second kappa shape index (κ2) is 6.49. The summed E-state index contributed by atoms with van der Waals surface area (Å²) in [6.45, 7) is 8.58. The lowest BCUT2D eigenvalue weighted by molar-refractivity contribution is 0.0943. The van der Waals surface area contributed by atoms with E-state index in [1.165, 1.54) is 0 Å². The Hall–Kier alpha value is -0.930. The third-order valence-electron chi connectivity index (χ3n) is 4.27. The molecule has 0 aromatic heterocycles. The van der Waals surface area contributed by atoms with Crippen LogP contribution in [0.15, 0.2) is 24.3 Å². The highest BCUT2D eigenvalue weighted by molar-refractivity contribution is 5.21. The van der Waals surface area contributed by atoms with Gasteiger partial charge in [0.05, 0.1) is 0 Å². The molecule has 0 bridgehead atoms. The van der Waals surface area contributed by atoms with Crippen LogP contribution in [0.1, 0.15) is 45.2 Å². The highest BCUT2D eigenvalue weighted by Gasteiger charge is 2.29. The number of piperidine rings is 1. The molecular weight excluding hydrogens is 239 g/mol. The second-order valence-electron chi connectivity index (χ2n) is 5.56. The fourth-order valence-corrected chi connectivity index (χ4v) is 3.23. The zero-order valence-corrected chi connectivity index (χ0v) is 12.2. The van der Waals surface area contributed by atoms with Crippen LogP contribution in [0.25, 0.3) is 0 Å². The Balaban J connectivity index is 2.05. The first-order valence-corrected chi connectivity index (χ1v) is 7.37. The topological polar surface area (TPSA) is 15.3 Å². The van der Waals surface area contributed by atoms with Crippen molar-refractivity contribution < 1.29 is 4.39 Å². The Morgan fingerprint density at radius 1 is 1.42 bits per heavy atom. The molecule has 1 aliphatic rings. The number of halogens is 1. The first-order valence-electron chi connectivity index (χ1n) is 7.37. The average Bonchev–Trinajstić information content (AvgIpc) is 2.39. The Labute approximate surface area is 116 Å². The summed E-state index contributed by atoms with van der Waals surface area (Å²) in [7, 11) is 0. The predicted octanol–water partition coefficient (Wildman–Crippen LogP) is 3.35. The molecule has 1 fully saturated rings. The maximum atomic E-state index is 13.9. The average molecular weight is 264 g/mol. The van der Waals surface area contributed by atoms with Gasteiger partial charge in [-0.2, -0.15) is 0 Å². The van der Waals surface area contributed by atoms with Crippen molar-refractivity contribution >= 4 is 0 Å². The summed E-state index contributed by atoms with van der Waals surface area (Å²) in [6, 6.07) is 8.40. The molecule has 0 amide bonds. The minimum atomic E-state index is -0.0870. The molecule has 0 aliphatic carbocycles. The van der Waals surface area contributed by atoms with Crippen LogP contribution in [-0.4, -0.2) is 30.1 Å². The van der Waals surface area contributed by atoms with Gasteiger partial charge in [0.15, 0.2) is 0 Å². The maximum absolute atomic E-state index is 13.9. The summed E-state index contributed by atoms with van der Waals surface area (Å²) in [5.41, 5.74) is 0.816. The molecule has 1 aliphatic heterocycles. The SMILES string of the molecule is CCNC1CCN(C(C)c2ccccc2F)C(C)C1. The van der Waals surface area contributed by atoms with Crippen LogP contribution in [0.4, 0.5) is 4.39 Å². The maximum Gasteiger partial charge on any atom is 0.127 e. The van der Waals surface area contributed by atoms with Crippen LogP contribution in [0.5, 0.6) is 0 Å². The number of benzene rings is 1. The standard InChI is InChI=1S/C16H25FN2/c1-4-18-14-9-10-19(12(2)11-14)13(3)15-7-5-6-8-16(15)17/h5-8,12-14,18H,4,9-11H2,1-3H3. The van der Waals surface area contributed by atoms with Gasteiger partial charge in [0.25, 0.3) is 0 Å². The molecule has 1 saturated heterocycles. The van der Waals surface area contributed by atoms with Crippen LogP contribution in [0, 0.1) is 5.82 Å². The van der Waals surface area contributed by atoms with E-state index in [9.17, 15) is 4.39 Å². The molecule has 19 heavy (non-hydrogen) atoms. The Morgan fingerprint density at radius 2 is 2.16 bits per heavy atom. The summed E-state index contributed by atoms with van der Waals surface area (Å²) in [4.78, 5) is 2.42. The lowest BCUT2D eigenvalue weighted by Crippen LogP contribution is -2.48. The Morgan fingerprint density at radius 3 is 2.79 bits per heavy atom. The molecular formula is C16H25FN2. The van der Waals surface area contributed by atoms with Crippen LogP contribution < -0.4 is 5.32 Å². The second-order valence-corrected chi connectivity index (χ2v) is 5.56. The lowest BCUT2D eigenvalue weighted by Gasteiger charge is -2.41. The van der Waals surface area contributed by atoms with E-state index < -0.39 is 0 Å². The van der Waals surface area contributed by atoms with Gasteiger partial charge in [0.1, 0.15) is 5.82 Å². The molecule has 1 aromatic rings. The van der Waals surface area contributed by atoms with Gasteiger partial charge in [-0.15, -0.1) is 0 Å². The fraction of sp³-hybridized carbons (Fsp3) is 0.625. The van der Waals surface area contributed by atoms with Crippen LogP contribution in [0.3, 0.4) is 0 Å². The van der Waals surface area contributed by atoms with E-state index in [2.05, 4.69) is 31.0 Å². The Kier molecular flexibility index (Phi) is 4.94. The summed E-state index contributed by atoms with van der Waals surface area (Å²) in [6.07, 6.45) is 2.30. The summed E-state index contributed by atoms with van der Waals surface area (Å²) < 4.78 is 13.9. The molecule has 0 radical (unpaired) electrons. The molecule has 3 unspecified atom stereocenters. The van der Waals surface area contributed by atoms with Crippen molar-refractivity contribution in [2.24, 2.45) is 0 Å². The monoisotopic (exact) mass is 264 g/mol. The molecule has 3 heteroatoms. The number of rotatable bonds is 4. The van der Waals surface area contributed by atoms with Crippen LogP contribution in [-0.2, 0) is 0 Å². The zero-order chi connectivity index (χ0) is 13.8. The molecule has 0 saturated carbocycles. The molecule has 1 heterocycles. The van der Waals surface area contributed by atoms with Crippen molar-refractivity contribution in [1.82, 2.24) is 10.2 Å². The molecule has 3 atom stereocenters. The van der Waals surface area contributed by atoms with Crippen molar-refractivity contribution in [2.45, 2.75) is 51.7 Å². The minimum Gasteiger partial charge on any atom is -0.314 e. The van der Waals surface area contributed by atoms with Crippen molar-refractivity contribution in [3.8, 4) is 0 Å². The molecule has 1 N–H and O–H groups in total. The van der Waals surface area contributed by atoms with E-state index in [1.807, 2.05) is 12.1 Å². The van der Waals surface area contributed by atoms with E-state index in [0.717, 1.165) is 31.5 Å². The summed E-state index contributed by atoms with van der Waals surface area (Å²) in [5.74, 6) is -0.0870. The Bertz CT molecular complexity index is 407. The van der Waals surface area contributed by atoms with Crippen molar-refractivity contribution in [2.75, 3.05) is 13.1 Å². The van der Waals surface area contributed by atoms with Gasteiger partial charge in [-0.3, -0.25) is 4.90 Å². The van der Waals surface area contributed by atoms with Crippen molar-refractivity contribution in [3.63, 3.8) is 0 Å². The zero-order valence-electron chi connectivity index (χ0n) is 12.2. The molecule has 2 rings (SSSR count). The minimum absolute atomic E-state index is 0.0870. The smallest absolute Gasteiger partial charge is 0.127 e. The normalized spacial score (nSPS) is 26.3. The van der Waals surface area contributed by atoms with E-state index in [0.29, 0.717) is 12.1 Å². The lowest BCUT2D eigenvalue weighted by atomic mass is 9.94. The molecule has 1 aromatic carbocycles. The van der Waals surface area contributed by atoms with Gasteiger partial charge in [-0.25, -0.2) is 4.39 Å². The third-order valence-corrected chi connectivity index (χ3v) is 4.27. The fourth-order valence-electron chi connectivity index (χ4n) is 3.23. The first kappa shape index (κ1) is 14.5. The molecule has 0 spiro atoms. The van der Waals surface area contributed by atoms with Crippen molar-refractivity contribution in [1.29, 1.82) is 0 Å². The molecule has 106 valence electrons. The van der Waals surface area contributed by atoms with Crippen molar-refractivity contribution in [3.05, 3.63) is 35.6 Å². The number of nitrogens with one attached hydrogen (secondary N) is 1. The van der Waals surface area contributed by atoms with Gasteiger partial charge >= 0.3 is 0 Å². The van der Waals surface area contributed by atoms with E-state index in [-0.39, 0.29) is 11.9 Å². The highest BCUT2D eigenvalue weighted by Crippen LogP contribution is 2.29.